The molecule has 0 aliphatic heterocycles. The normalized spacial score (nSPS) is 10.6. The van der Waals surface area contributed by atoms with Crippen LogP contribution in [0.4, 0.5) is 5.69 Å². The zero-order chi connectivity index (χ0) is 13.7. The Balaban J connectivity index is 2.00. The van der Waals surface area contributed by atoms with Crippen molar-refractivity contribution in [1.29, 1.82) is 5.41 Å². The summed E-state index contributed by atoms with van der Waals surface area (Å²) >= 11 is 11.7. The highest BCUT2D eigenvalue weighted by Crippen LogP contribution is 2.24. The molecule has 0 bridgehead atoms. The summed E-state index contributed by atoms with van der Waals surface area (Å²) < 4.78 is 0. The predicted octanol–water partition coefficient (Wildman–Crippen LogP) is 4.38. The molecule has 3 nitrogen and oxygen atoms in total. The van der Waals surface area contributed by atoms with Gasteiger partial charge in [-0.25, -0.2) is 0 Å². The molecule has 5 heteroatoms. The Kier molecular flexibility index (Phi) is 4.55. The van der Waals surface area contributed by atoms with E-state index in [-0.39, 0.29) is 0 Å². The number of allylic oxidation sites excluding steroid dienone is 1. The van der Waals surface area contributed by atoms with Crippen molar-refractivity contribution in [2.24, 2.45) is 0 Å². The Morgan fingerprint density at radius 1 is 1.16 bits per heavy atom. The third-order valence-electron chi connectivity index (χ3n) is 2.36. The molecule has 0 unspecified atom stereocenters. The summed E-state index contributed by atoms with van der Waals surface area (Å²) in [4.78, 5) is 4.09. The number of aromatic nitrogens is 1. The van der Waals surface area contributed by atoms with E-state index in [4.69, 9.17) is 28.6 Å². The summed E-state index contributed by atoms with van der Waals surface area (Å²) in [5.41, 5.74) is 1.75. The number of rotatable bonds is 4. The molecule has 0 aliphatic rings. The molecule has 0 saturated carbocycles. The third kappa shape index (κ3) is 3.81. The maximum Gasteiger partial charge on any atom is 0.0879 e. The van der Waals surface area contributed by atoms with Crippen LogP contribution in [0.1, 0.15) is 5.69 Å². The first-order valence-electron chi connectivity index (χ1n) is 5.55. The summed E-state index contributed by atoms with van der Waals surface area (Å²) in [7, 11) is 0. The predicted molar refractivity (Wildman–Crippen MR) is 80.3 cm³/mol. The minimum atomic E-state index is 0.327. The van der Waals surface area contributed by atoms with Gasteiger partial charge in [-0.15, -0.1) is 0 Å². The Morgan fingerprint density at radius 3 is 2.68 bits per heavy atom. The third-order valence-corrected chi connectivity index (χ3v) is 3.10. The molecule has 2 N–H and O–H groups in total. The second-order valence-corrected chi connectivity index (χ2v) is 4.55. The lowest BCUT2D eigenvalue weighted by Crippen LogP contribution is -1.98. The largest absolute Gasteiger partial charge is 0.362 e. The van der Waals surface area contributed by atoms with Gasteiger partial charge in [-0.1, -0.05) is 29.3 Å². The molecule has 0 fully saturated rings. The van der Waals surface area contributed by atoms with Gasteiger partial charge in [0, 0.05) is 18.1 Å². The molecular weight excluding hydrogens is 281 g/mol. The van der Waals surface area contributed by atoms with Crippen LogP contribution in [0, 0.1) is 5.41 Å². The standard InChI is InChI=1S/C14H11Cl2N3/c15-11-5-4-10(9-12(11)16)18-8-6-13(17)14-3-1-2-7-19-14/h1-9,17-18H/b8-6-,17-13?. The monoisotopic (exact) mass is 291 g/mol. The van der Waals surface area contributed by atoms with E-state index in [1.807, 2.05) is 18.2 Å². The maximum absolute atomic E-state index is 7.84. The molecule has 0 radical (unpaired) electrons. The molecule has 0 atom stereocenters. The quantitative estimate of drug-likeness (QED) is 0.821. The number of benzene rings is 1. The van der Waals surface area contributed by atoms with Crippen LogP contribution in [0.2, 0.25) is 10.0 Å². The van der Waals surface area contributed by atoms with E-state index in [2.05, 4.69) is 10.3 Å². The molecule has 0 aliphatic carbocycles. The Bertz CT molecular complexity index is 609. The number of hydrogen-bond acceptors (Lipinski definition) is 3. The van der Waals surface area contributed by atoms with Gasteiger partial charge in [0.15, 0.2) is 0 Å². The number of nitrogens with one attached hydrogen (secondary N) is 2. The molecule has 19 heavy (non-hydrogen) atoms. The molecule has 1 aromatic carbocycles. The first-order chi connectivity index (χ1) is 9.16. The Labute approximate surface area is 121 Å². The highest BCUT2D eigenvalue weighted by Gasteiger charge is 1.98. The van der Waals surface area contributed by atoms with Crippen LogP contribution in [0.3, 0.4) is 0 Å². The van der Waals surface area contributed by atoms with Crippen molar-refractivity contribution in [2.45, 2.75) is 0 Å². The number of nitrogens with zero attached hydrogens (tertiary/aromatic N) is 1. The van der Waals surface area contributed by atoms with Crippen LogP contribution in [-0.4, -0.2) is 10.7 Å². The Hall–Kier alpha value is -1.84. The summed E-state index contributed by atoms with van der Waals surface area (Å²) in [5.74, 6) is 0. The van der Waals surface area contributed by atoms with E-state index in [0.717, 1.165) is 5.69 Å². The second kappa shape index (κ2) is 6.36. The maximum atomic E-state index is 7.84. The fourth-order valence-electron chi connectivity index (χ4n) is 1.41. The van der Waals surface area contributed by atoms with Gasteiger partial charge < -0.3 is 5.32 Å². The van der Waals surface area contributed by atoms with Crippen LogP contribution >= 0.6 is 23.2 Å². The fraction of sp³-hybridized carbons (Fsp3) is 0. The van der Waals surface area contributed by atoms with E-state index in [9.17, 15) is 0 Å². The highest BCUT2D eigenvalue weighted by atomic mass is 35.5. The van der Waals surface area contributed by atoms with Gasteiger partial charge in [0.05, 0.1) is 21.5 Å². The summed E-state index contributed by atoms with van der Waals surface area (Å²) in [6.07, 6.45) is 4.95. The molecule has 0 saturated heterocycles. The molecular formula is C14H11Cl2N3. The van der Waals surface area contributed by atoms with Gasteiger partial charge >= 0.3 is 0 Å². The van der Waals surface area contributed by atoms with E-state index >= 15 is 0 Å². The van der Waals surface area contributed by atoms with Crippen molar-refractivity contribution in [3.05, 3.63) is 70.6 Å². The van der Waals surface area contributed by atoms with Crippen molar-refractivity contribution in [3.8, 4) is 0 Å². The van der Waals surface area contributed by atoms with Crippen LogP contribution in [0.5, 0.6) is 0 Å². The van der Waals surface area contributed by atoms with Crippen LogP contribution in [0.25, 0.3) is 0 Å². The van der Waals surface area contributed by atoms with Gasteiger partial charge in [0.1, 0.15) is 0 Å². The zero-order valence-corrected chi connectivity index (χ0v) is 11.4. The van der Waals surface area contributed by atoms with Crippen molar-refractivity contribution in [2.75, 3.05) is 5.32 Å². The first-order valence-corrected chi connectivity index (χ1v) is 6.30. The van der Waals surface area contributed by atoms with Gasteiger partial charge in [0.2, 0.25) is 0 Å². The minimum absolute atomic E-state index is 0.327. The van der Waals surface area contributed by atoms with Gasteiger partial charge in [-0.3, -0.25) is 10.4 Å². The lowest BCUT2D eigenvalue weighted by Gasteiger charge is -2.02. The van der Waals surface area contributed by atoms with E-state index in [1.165, 1.54) is 0 Å². The average molecular weight is 292 g/mol. The van der Waals surface area contributed by atoms with E-state index in [1.54, 1.807) is 36.7 Å². The van der Waals surface area contributed by atoms with Crippen LogP contribution in [-0.2, 0) is 0 Å². The lowest BCUT2D eigenvalue weighted by molar-refractivity contribution is 1.28. The fourth-order valence-corrected chi connectivity index (χ4v) is 1.71. The smallest absolute Gasteiger partial charge is 0.0879 e. The van der Waals surface area contributed by atoms with Crippen molar-refractivity contribution in [3.63, 3.8) is 0 Å². The van der Waals surface area contributed by atoms with Crippen molar-refractivity contribution in [1.82, 2.24) is 4.98 Å². The van der Waals surface area contributed by atoms with Crippen molar-refractivity contribution < 1.29 is 0 Å². The molecule has 1 aromatic heterocycles. The molecule has 96 valence electrons. The lowest BCUT2D eigenvalue weighted by atomic mass is 10.2. The minimum Gasteiger partial charge on any atom is -0.362 e. The summed E-state index contributed by atoms with van der Waals surface area (Å²) in [6, 6.07) is 10.7. The summed E-state index contributed by atoms with van der Waals surface area (Å²) in [6.45, 7) is 0. The zero-order valence-electron chi connectivity index (χ0n) is 9.90. The Morgan fingerprint density at radius 2 is 2.00 bits per heavy atom. The number of pyridine rings is 1. The summed E-state index contributed by atoms with van der Waals surface area (Å²) in [5, 5.41) is 11.9. The second-order valence-electron chi connectivity index (χ2n) is 3.74. The highest BCUT2D eigenvalue weighted by molar-refractivity contribution is 6.42. The van der Waals surface area contributed by atoms with Gasteiger partial charge in [-0.2, -0.15) is 0 Å². The van der Waals surface area contributed by atoms with Gasteiger partial charge in [0.25, 0.3) is 0 Å². The van der Waals surface area contributed by atoms with E-state index in [0.29, 0.717) is 21.5 Å². The molecule has 1 heterocycles. The number of halogens is 2. The van der Waals surface area contributed by atoms with Crippen LogP contribution in [0.15, 0.2) is 54.9 Å². The van der Waals surface area contributed by atoms with E-state index < -0.39 is 0 Å². The van der Waals surface area contributed by atoms with Crippen LogP contribution < -0.4 is 5.32 Å². The molecule has 2 rings (SSSR count). The first kappa shape index (κ1) is 13.6. The van der Waals surface area contributed by atoms with Crippen molar-refractivity contribution >= 4 is 34.6 Å². The SMILES string of the molecule is N=C(/C=C\Nc1ccc(Cl)c(Cl)c1)c1ccccn1. The molecule has 0 spiro atoms. The number of anilines is 1. The molecule has 0 amide bonds. The van der Waals surface area contributed by atoms with Gasteiger partial charge in [-0.05, 0) is 36.4 Å². The molecule has 2 aromatic rings. The average Bonchev–Trinajstić information content (AvgIpc) is 2.43. The topological polar surface area (TPSA) is 48.8 Å². The number of hydrogen-bond donors (Lipinski definition) is 2.